The smallest absolute Gasteiger partial charge is 0.251 e. The van der Waals surface area contributed by atoms with Gasteiger partial charge < -0.3 is 20.3 Å². The minimum atomic E-state index is 0.0220. The van der Waals surface area contributed by atoms with Gasteiger partial charge in [-0.3, -0.25) is 4.79 Å². The summed E-state index contributed by atoms with van der Waals surface area (Å²) in [4.78, 5) is 17.5. The number of piperidine rings is 1. The Morgan fingerprint density at radius 1 is 1.25 bits per heavy atom. The zero-order chi connectivity index (χ0) is 19.3. The standard InChI is InChI=1S/C23H27N3O2/c1-25-14-18(17-4-2-3-5-20(17)25)22(27)26-10-8-23(9-11-26)15-28-21-7-6-16(13-24)12-19(21)23/h2-7,12,14,17,20H,8-11,13,15,24H2,1H3. The van der Waals surface area contributed by atoms with Crippen molar-refractivity contribution in [2.75, 3.05) is 26.7 Å². The third-order valence-electron chi connectivity index (χ3n) is 6.89. The molecule has 2 N–H and O–H groups in total. The first-order valence-corrected chi connectivity index (χ1v) is 10.2. The van der Waals surface area contributed by atoms with Crippen LogP contribution in [0.4, 0.5) is 0 Å². The minimum absolute atomic E-state index is 0.0220. The molecule has 1 amide bonds. The maximum Gasteiger partial charge on any atom is 0.251 e. The first kappa shape index (κ1) is 17.6. The molecule has 28 heavy (non-hydrogen) atoms. The summed E-state index contributed by atoms with van der Waals surface area (Å²) in [6.07, 6.45) is 12.3. The second-order valence-electron chi connectivity index (χ2n) is 8.43. The highest BCUT2D eigenvalue weighted by Gasteiger charge is 2.45. The molecule has 2 unspecified atom stereocenters. The SMILES string of the molecule is CN1C=C(C(=O)N2CCC3(CC2)COc2ccc(CN)cc23)C2C=CC=CC21. The third kappa shape index (κ3) is 2.60. The molecule has 0 aromatic heterocycles. The van der Waals surface area contributed by atoms with Crippen LogP contribution in [0.5, 0.6) is 5.75 Å². The molecule has 0 saturated carbocycles. The molecule has 2 atom stereocenters. The number of fused-ring (bicyclic) bond motifs is 3. The Morgan fingerprint density at radius 2 is 2.04 bits per heavy atom. The van der Waals surface area contributed by atoms with E-state index >= 15 is 0 Å². The first-order chi connectivity index (χ1) is 13.6. The average Bonchev–Trinajstić information content (AvgIpc) is 3.26. The predicted molar refractivity (Wildman–Crippen MR) is 109 cm³/mol. The van der Waals surface area contributed by atoms with Gasteiger partial charge in [-0.15, -0.1) is 0 Å². The van der Waals surface area contributed by atoms with E-state index < -0.39 is 0 Å². The molecule has 0 radical (unpaired) electrons. The monoisotopic (exact) mass is 377 g/mol. The molecule has 5 rings (SSSR count). The Hall–Kier alpha value is -2.53. The van der Waals surface area contributed by atoms with Gasteiger partial charge in [0.2, 0.25) is 0 Å². The Labute approximate surface area is 166 Å². The summed E-state index contributed by atoms with van der Waals surface area (Å²) in [6, 6.07) is 6.57. The molecule has 0 bridgehead atoms. The van der Waals surface area contributed by atoms with Crippen molar-refractivity contribution in [3.63, 3.8) is 0 Å². The summed E-state index contributed by atoms with van der Waals surface area (Å²) in [5.41, 5.74) is 9.20. The van der Waals surface area contributed by atoms with Crippen LogP contribution in [0.15, 0.2) is 54.3 Å². The molecule has 1 spiro atoms. The highest BCUT2D eigenvalue weighted by atomic mass is 16.5. The topological polar surface area (TPSA) is 58.8 Å². The van der Waals surface area contributed by atoms with E-state index in [9.17, 15) is 4.79 Å². The van der Waals surface area contributed by atoms with E-state index in [4.69, 9.17) is 10.5 Å². The van der Waals surface area contributed by atoms with Crippen LogP contribution in [-0.2, 0) is 16.8 Å². The maximum absolute atomic E-state index is 13.3. The average molecular weight is 377 g/mol. The lowest BCUT2D eigenvalue weighted by atomic mass is 9.74. The number of likely N-dealkylation sites (N-methyl/N-ethyl adjacent to an activating group) is 1. The molecule has 1 aliphatic carbocycles. The van der Waals surface area contributed by atoms with Gasteiger partial charge in [-0.1, -0.05) is 36.4 Å². The van der Waals surface area contributed by atoms with Crippen LogP contribution in [0.3, 0.4) is 0 Å². The lowest BCUT2D eigenvalue weighted by Gasteiger charge is -2.39. The summed E-state index contributed by atoms with van der Waals surface area (Å²) in [5.74, 6) is 1.34. The minimum Gasteiger partial charge on any atom is -0.492 e. The van der Waals surface area contributed by atoms with Crippen molar-refractivity contribution in [1.82, 2.24) is 9.80 Å². The fraction of sp³-hybridized carbons (Fsp3) is 0.435. The summed E-state index contributed by atoms with van der Waals surface area (Å²) < 4.78 is 5.99. The number of allylic oxidation sites excluding steroid dienone is 2. The Balaban J connectivity index is 1.32. The van der Waals surface area contributed by atoms with Gasteiger partial charge in [0.05, 0.1) is 12.6 Å². The van der Waals surface area contributed by atoms with Gasteiger partial charge in [0.1, 0.15) is 5.75 Å². The summed E-state index contributed by atoms with van der Waals surface area (Å²) >= 11 is 0. The van der Waals surface area contributed by atoms with Gasteiger partial charge >= 0.3 is 0 Å². The van der Waals surface area contributed by atoms with E-state index in [0.717, 1.165) is 42.8 Å². The lowest BCUT2D eigenvalue weighted by molar-refractivity contribution is -0.129. The van der Waals surface area contributed by atoms with Crippen LogP contribution in [0.2, 0.25) is 0 Å². The Morgan fingerprint density at radius 3 is 2.82 bits per heavy atom. The quantitative estimate of drug-likeness (QED) is 0.860. The molecule has 3 aliphatic heterocycles. The second kappa shape index (κ2) is 6.52. The number of carbonyl (C=O) groups is 1. The van der Waals surface area contributed by atoms with Crippen LogP contribution < -0.4 is 10.5 Å². The third-order valence-corrected chi connectivity index (χ3v) is 6.89. The molecule has 5 heteroatoms. The van der Waals surface area contributed by atoms with Gasteiger partial charge in [-0.25, -0.2) is 0 Å². The van der Waals surface area contributed by atoms with Crippen molar-refractivity contribution in [2.24, 2.45) is 11.7 Å². The molecule has 1 fully saturated rings. The summed E-state index contributed by atoms with van der Waals surface area (Å²) in [7, 11) is 2.05. The highest BCUT2D eigenvalue weighted by Crippen LogP contribution is 2.46. The number of rotatable bonds is 2. The molecule has 1 saturated heterocycles. The number of nitrogens with zero attached hydrogens (tertiary/aromatic N) is 2. The Kier molecular flexibility index (Phi) is 4.09. The lowest BCUT2D eigenvalue weighted by Crippen LogP contribution is -2.47. The zero-order valence-electron chi connectivity index (χ0n) is 16.3. The van der Waals surface area contributed by atoms with Crippen molar-refractivity contribution in [3.05, 3.63) is 65.4 Å². The summed E-state index contributed by atoms with van der Waals surface area (Å²) in [5, 5.41) is 0. The summed E-state index contributed by atoms with van der Waals surface area (Å²) in [6.45, 7) is 2.79. The number of hydrogen-bond acceptors (Lipinski definition) is 4. The Bertz CT molecular complexity index is 893. The van der Waals surface area contributed by atoms with Crippen molar-refractivity contribution in [3.8, 4) is 5.75 Å². The number of nitrogens with two attached hydrogens (primary N) is 1. The first-order valence-electron chi connectivity index (χ1n) is 10.2. The van der Waals surface area contributed by atoms with Crippen LogP contribution in [0.1, 0.15) is 24.0 Å². The van der Waals surface area contributed by atoms with E-state index in [1.54, 1.807) is 0 Å². The number of benzene rings is 1. The maximum atomic E-state index is 13.3. The van der Waals surface area contributed by atoms with E-state index in [1.807, 2.05) is 23.2 Å². The largest absolute Gasteiger partial charge is 0.492 e. The van der Waals surface area contributed by atoms with Gasteiger partial charge in [-0.2, -0.15) is 0 Å². The van der Waals surface area contributed by atoms with Crippen molar-refractivity contribution < 1.29 is 9.53 Å². The van der Waals surface area contributed by atoms with Crippen LogP contribution in [0.25, 0.3) is 0 Å². The van der Waals surface area contributed by atoms with Crippen LogP contribution >= 0.6 is 0 Å². The molecular weight excluding hydrogens is 350 g/mol. The van der Waals surface area contributed by atoms with Crippen LogP contribution in [-0.4, -0.2) is 48.5 Å². The number of likely N-dealkylation sites (tertiary alicyclic amines) is 1. The predicted octanol–water partition coefficient (Wildman–Crippen LogP) is 2.34. The molecule has 5 nitrogen and oxygen atoms in total. The van der Waals surface area contributed by atoms with Gasteiger partial charge in [-0.05, 0) is 24.5 Å². The highest BCUT2D eigenvalue weighted by molar-refractivity contribution is 5.95. The number of amides is 1. The number of carbonyl (C=O) groups excluding carboxylic acids is 1. The van der Waals surface area contributed by atoms with Crippen molar-refractivity contribution >= 4 is 5.91 Å². The molecular formula is C23H27N3O2. The van der Waals surface area contributed by atoms with Crippen molar-refractivity contribution in [1.29, 1.82) is 0 Å². The molecule has 4 aliphatic rings. The zero-order valence-corrected chi connectivity index (χ0v) is 16.3. The normalized spacial score (nSPS) is 26.9. The number of ether oxygens (including phenoxy) is 1. The fourth-order valence-electron chi connectivity index (χ4n) is 5.13. The molecule has 3 heterocycles. The fourth-order valence-corrected chi connectivity index (χ4v) is 5.13. The van der Waals surface area contributed by atoms with E-state index in [1.165, 1.54) is 5.56 Å². The van der Waals surface area contributed by atoms with E-state index in [-0.39, 0.29) is 23.3 Å². The molecule has 146 valence electrons. The van der Waals surface area contributed by atoms with Crippen molar-refractivity contribution in [2.45, 2.75) is 30.8 Å². The van der Waals surface area contributed by atoms with Gasteiger partial charge in [0, 0.05) is 55.4 Å². The van der Waals surface area contributed by atoms with E-state index in [2.05, 4.69) is 42.3 Å². The molecule has 1 aromatic carbocycles. The molecule has 1 aromatic rings. The van der Waals surface area contributed by atoms with Gasteiger partial charge in [0.15, 0.2) is 0 Å². The van der Waals surface area contributed by atoms with Crippen LogP contribution in [0, 0.1) is 5.92 Å². The van der Waals surface area contributed by atoms with E-state index in [0.29, 0.717) is 13.2 Å². The second-order valence-corrected chi connectivity index (χ2v) is 8.43. The number of hydrogen-bond donors (Lipinski definition) is 1. The van der Waals surface area contributed by atoms with Gasteiger partial charge in [0.25, 0.3) is 5.91 Å².